The highest BCUT2D eigenvalue weighted by molar-refractivity contribution is 7.51. The number of ether oxygens (including phenoxy) is 2. The maximum Gasteiger partial charge on any atom is 0.409 e. The zero-order chi connectivity index (χ0) is 30.7. The first kappa shape index (κ1) is 32.9. The second-order valence-electron chi connectivity index (χ2n) is 9.87. The minimum absolute atomic E-state index is 0.0775. The molecule has 2 aromatic rings. The monoisotopic (exact) mass is 606 g/mol. The van der Waals surface area contributed by atoms with E-state index in [1.54, 1.807) is 43.3 Å². The number of benzene rings is 1. The molecule has 3 rings (SSSR count). The summed E-state index contributed by atoms with van der Waals surface area (Å²) in [6.45, 7) is 3.80. The fourth-order valence-corrected chi connectivity index (χ4v) is 4.91. The van der Waals surface area contributed by atoms with E-state index in [-0.39, 0.29) is 37.7 Å². The van der Waals surface area contributed by atoms with Crippen LogP contribution in [0.4, 0.5) is 10.6 Å². The number of nitrogens with zero attached hydrogens (tertiary/aromatic N) is 5. The Labute approximate surface area is 245 Å². The SMILES string of the molecule is CCCCOC(=O)N1CCN(C(=O)[C@H](CP(=O)(O)O)NC(=O)c2cc(N(C)CCOC)nc(-c3ccccc3)n2)CC1. The van der Waals surface area contributed by atoms with E-state index in [1.807, 2.05) is 13.0 Å². The number of rotatable bonds is 13. The summed E-state index contributed by atoms with van der Waals surface area (Å²) in [6.07, 6.45) is 0.267. The van der Waals surface area contributed by atoms with Crippen LogP contribution in [0.2, 0.25) is 0 Å². The molecule has 1 fully saturated rings. The van der Waals surface area contributed by atoms with Gasteiger partial charge in [-0.1, -0.05) is 43.7 Å². The molecule has 1 aliphatic heterocycles. The van der Waals surface area contributed by atoms with Crippen molar-refractivity contribution in [2.45, 2.75) is 25.8 Å². The van der Waals surface area contributed by atoms with Crippen molar-refractivity contribution in [1.29, 1.82) is 0 Å². The number of carbonyl (C=O) groups excluding carboxylic acids is 3. The molecule has 1 atom stereocenters. The third-order valence-electron chi connectivity index (χ3n) is 6.60. The number of likely N-dealkylation sites (N-methyl/N-ethyl adjacent to an activating group) is 1. The third kappa shape index (κ3) is 9.76. The van der Waals surface area contributed by atoms with Gasteiger partial charge in [-0.2, -0.15) is 0 Å². The van der Waals surface area contributed by atoms with Gasteiger partial charge in [-0.05, 0) is 6.42 Å². The topological polar surface area (TPSA) is 175 Å². The summed E-state index contributed by atoms with van der Waals surface area (Å²) in [5, 5.41) is 2.48. The first-order valence-electron chi connectivity index (χ1n) is 13.7. The van der Waals surface area contributed by atoms with Crippen LogP contribution in [0, 0.1) is 0 Å². The van der Waals surface area contributed by atoms with E-state index in [9.17, 15) is 28.7 Å². The van der Waals surface area contributed by atoms with E-state index in [4.69, 9.17) is 9.47 Å². The minimum Gasteiger partial charge on any atom is -0.449 e. The lowest BCUT2D eigenvalue weighted by Crippen LogP contribution is -2.56. The Hall–Kier alpha value is -3.58. The summed E-state index contributed by atoms with van der Waals surface area (Å²) in [6, 6.07) is 8.94. The van der Waals surface area contributed by atoms with Crippen LogP contribution < -0.4 is 10.2 Å². The number of unbranched alkanes of at least 4 members (excludes halogenated alkanes) is 1. The van der Waals surface area contributed by atoms with Crippen LogP contribution >= 0.6 is 7.60 Å². The van der Waals surface area contributed by atoms with E-state index >= 15 is 0 Å². The molecule has 15 heteroatoms. The molecule has 0 bridgehead atoms. The molecule has 2 heterocycles. The zero-order valence-corrected chi connectivity index (χ0v) is 25.0. The van der Waals surface area contributed by atoms with Crippen molar-refractivity contribution in [3.8, 4) is 11.4 Å². The fraction of sp³-hybridized carbons (Fsp3) is 0.519. The van der Waals surface area contributed by atoms with Crippen LogP contribution in [0.15, 0.2) is 36.4 Å². The number of amides is 3. The average Bonchev–Trinajstić information content (AvgIpc) is 2.98. The summed E-state index contributed by atoms with van der Waals surface area (Å²) in [7, 11) is -1.37. The van der Waals surface area contributed by atoms with Gasteiger partial charge in [0, 0.05) is 58.5 Å². The molecule has 1 aromatic heterocycles. The Morgan fingerprint density at radius 2 is 1.74 bits per heavy atom. The summed E-state index contributed by atoms with van der Waals surface area (Å²) in [5.41, 5.74) is 0.578. The highest BCUT2D eigenvalue weighted by Gasteiger charge is 2.35. The Morgan fingerprint density at radius 3 is 2.36 bits per heavy atom. The molecule has 0 spiro atoms. The number of aromatic nitrogens is 2. The molecule has 230 valence electrons. The molecular formula is C27H39N6O8P. The lowest BCUT2D eigenvalue weighted by atomic mass is 10.2. The standard InChI is InChI=1S/C27H39N6O8P/c1-4-5-16-41-27(36)33-13-11-32(12-14-33)26(35)22(19-42(37,38)39)29-25(34)21-18-23(31(2)15-17-40-3)30-24(28-21)20-9-7-6-8-10-20/h6-10,18,22H,4-5,11-17,19H2,1-3H3,(H,29,34)(H2,37,38,39)/t22-/m0/s1. The second kappa shape index (κ2) is 15.6. The quantitative estimate of drug-likeness (QED) is 0.223. The van der Waals surface area contributed by atoms with Crippen molar-refractivity contribution in [3.05, 3.63) is 42.1 Å². The van der Waals surface area contributed by atoms with Crippen molar-refractivity contribution in [2.24, 2.45) is 0 Å². The van der Waals surface area contributed by atoms with Crippen molar-refractivity contribution >= 4 is 31.3 Å². The average molecular weight is 607 g/mol. The molecule has 1 aromatic carbocycles. The molecule has 1 aliphatic rings. The smallest absolute Gasteiger partial charge is 0.409 e. The Morgan fingerprint density at radius 1 is 1.07 bits per heavy atom. The highest BCUT2D eigenvalue weighted by atomic mass is 31.2. The first-order valence-corrected chi connectivity index (χ1v) is 15.5. The fourth-order valence-electron chi connectivity index (χ4n) is 4.19. The van der Waals surface area contributed by atoms with E-state index in [1.165, 1.54) is 15.9 Å². The van der Waals surface area contributed by atoms with Gasteiger partial charge >= 0.3 is 13.7 Å². The maximum absolute atomic E-state index is 13.4. The van der Waals surface area contributed by atoms with Crippen LogP contribution in [0.3, 0.4) is 0 Å². The largest absolute Gasteiger partial charge is 0.449 e. The molecule has 42 heavy (non-hydrogen) atoms. The van der Waals surface area contributed by atoms with Gasteiger partial charge < -0.3 is 39.3 Å². The van der Waals surface area contributed by atoms with E-state index in [0.29, 0.717) is 31.1 Å². The lowest BCUT2D eigenvalue weighted by Gasteiger charge is -2.36. The van der Waals surface area contributed by atoms with Crippen LogP contribution in [-0.2, 0) is 18.8 Å². The summed E-state index contributed by atoms with van der Waals surface area (Å²) in [5.74, 6) is -0.769. The number of piperazine rings is 1. The van der Waals surface area contributed by atoms with Gasteiger partial charge in [-0.25, -0.2) is 14.8 Å². The number of anilines is 1. The van der Waals surface area contributed by atoms with Crippen molar-refractivity contribution in [3.63, 3.8) is 0 Å². The predicted molar refractivity (Wildman–Crippen MR) is 155 cm³/mol. The summed E-state index contributed by atoms with van der Waals surface area (Å²) >= 11 is 0. The van der Waals surface area contributed by atoms with E-state index in [0.717, 1.165) is 12.8 Å². The van der Waals surface area contributed by atoms with Gasteiger partial charge in [-0.3, -0.25) is 14.2 Å². The normalized spacial score (nSPS) is 14.3. The van der Waals surface area contributed by atoms with Gasteiger partial charge in [0.1, 0.15) is 17.6 Å². The molecule has 0 aliphatic carbocycles. The van der Waals surface area contributed by atoms with E-state index in [2.05, 4.69) is 15.3 Å². The molecule has 3 amide bonds. The number of nitrogens with one attached hydrogen (secondary N) is 1. The Kier molecular flexibility index (Phi) is 12.2. The molecule has 1 saturated heterocycles. The molecule has 0 unspecified atom stereocenters. The zero-order valence-electron chi connectivity index (χ0n) is 24.1. The molecular weight excluding hydrogens is 567 g/mol. The van der Waals surface area contributed by atoms with Gasteiger partial charge in [0.15, 0.2) is 5.82 Å². The summed E-state index contributed by atoms with van der Waals surface area (Å²) < 4.78 is 22.3. The highest BCUT2D eigenvalue weighted by Crippen LogP contribution is 2.35. The summed E-state index contributed by atoms with van der Waals surface area (Å²) in [4.78, 5) is 72.1. The van der Waals surface area contributed by atoms with Gasteiger partial charge in [0.05, 0.1) is 19.4 Å². The number of hydrogen-bond donors (Lipinski definition) is 3. The van der Waals surface area contributed by atoms with Gasteiger partial charge in [0.25, 0.3) is 5.91 Å². The number of hydrogen-bond acceptors (Lipinski definition) is 9. The first-order chi connectivity index (χ1) is 20.0. The van der Waals surface area contributed by atoms with Gasteiger partial charge in [-0.15, -0.1) is 0 Å². The van der Waals surface area contributed by atoms with E-state index < -0.39 is 37.7 Å². The minimum atomic E-state index is -4.71. The lowest BCUT2D eigenvalue weighted by molar-refractivity contribution is -0.134. The second-order valence-corrected chi connectivity index (χ2v) is 11.6. The van der Waals surface area contributed by atoms with Crippen LogP contribution in [-0.4, -0.2) is 120 Å². The van der Waals surface area contributed by atoms with Crippen LogP contribution in [0.1, 0.15) is 30.3 Å². The van der Waals surface area contributed by atoms with Gasteiger partial charge in [0.2, 0.25) is 5.91 Å². The van der Waals surface area contributed by atoms with Crippen LogP contribution in [0.5, 0.6) is 0 Å². The maximum atomic E-state index is 13.4. The van der Waals surface area contributed by atoms with Crippen molar-refractivity contribution < 1.29 is 38.2 Å². The molecule has 0 radical (unpaired) electrons. The predicted octanol–water partition coefficient (Wildman–Crippen LogP) is 1.58. The third-order valence-corrected chi connectivity index (χ3v) is 7.44. The Bertz CT molecular complexity index is 1250. The molecule has 0 saturated carbocycles. The van der Waals surface area contributed by atoms with Crippen molar-refractivity contribution in [2.75, 3.05) is 71.2 Å². The molecule has 3 N–H and O–H groups in total. The molecule has 14 nitrogen and oxygen atoms in total. The van der Waals surface area contributed by atoms with Crippen LogP contribution in [0.25, 0.3) is 11.4 Å². The number of carbonyl (C=O) groups is 3. The number of methoxy groups -OCH3 is 1. The Balaban J connectivity index is 1.80. The van der Waals surface area contributed by atoms with Crippen molar-refractivity contribution in [1.82, 2.24) is 25.1 Å².